The summed E-state index contributed by atoms with van der Waals surface area (Å²) in [7, 11) is 1.63. The SMILES string of the molecule is Cc1cc(-c2nn(C)c(N)c2F)cs1. The third-order valence-electron chi connectivity index (χ3n) is 2.04. The zero-order valence-electron chi connectivity index (χ0n) is 7.91. The molecule has 0 radical (unpaired) electrons. The Balaban J connectivity index is 2.57. The van der Waals surface area contributed by atoms with Crippen LogP contribution in [0.25, 0.3) is 11.3 Å². The highest BCUT2D eigenvalue weighted by atomic mass is 32.1. The fourth-order valence-corrected chi connectivity index (χ4v) is 1.95. The Kier molecular flexibility index (Phi) is 2.03. The van der Waals surface area contributed by atoms with Crippen LogP contribution < -0.4 is 5.73 Å². The van der Waals surface area contributed by atoms with Gasteiger partial charge in [0.2, 0.25) is 0 Å². The first-order chi connectivity index (χ1) is 6.59. The van der Waals surface area contributed by atoms with Gasteiger partial charge in [-0.3, -0.25) is 0 Å². The molecule has 5 heteroatoms. The van der Waals surface area contributed by atoms with Gasteiger partial charge >= 0.3 is 0 Å². The zero-order chi connectivity index (χ0) is 10.3. The van der Waals surface area contributed by atoms with E-state index < -0.39 is 5.82 Å². The number of thiophene rings is 1. The molecule has 3 nitrogen and oxygen atoms in total. The van der Waals surface area contributed by atoms with E-state index in [0.29, 0.717) is 5.69 Å². The molecule has 0 fully saturated rings. The number of aryl methyl sites for hydroxylation is 2. The Hall–Kier alpha value is -1.36. The van der Waals surface area contributed by atoms with E-state index in [1.165, 1.54) is 4.68 Å². The first-order valence-electron chi connectivity index (χ1n) is 4.13. The van der Waals surface area contributed by atoms with Crippen molar-refractivity contribution in [2.45, 2.75) is 6.92 Å². The van der Waals surface area contributed by atoms with Crippen LogP contribution in [0.4, 0.5) is 10.2 Å². The van der Waals surface area contributed by atoms with Crippen molar-refractivity contribution in [3.05, 3.63) is 22.1 Å². The number of rotatable bonds is 1. The van der Waals surface area contributed by atoms with Gasteiger partial charge in [-0.25, -0.2) is 9.07 Å². The van der Waals surface area contributed by atoms with Crippen molar-refractivity contribution in [2.24, 2.45) is 7.05 Å². The standard InChI is InChI=1S/C9H10FN3S/c1-5-3-6(4-14-5)8-7(10)9(11)13(2)12-8/h3-4H,11H2,1-2H3. The monoisotopic (exact) mass is 211 g/mol. The van der Waals surface area contributed by atoms with Crippen LogP contribution in [0.1, 0.15) is 4.88 Å². The highest BCUT2D eigenvalue weighted by molar-refractivity contribution is 7.10. The van der Waals surface area contributed by atoms with Gasteiger partial charge in [-0.15, -0.1) is 11.3 Å². The van der Waals surface area contributed by atoms with Crippen molar-refractivity contribution in [3.63, 3.8) is 0 Å². The number of anilines is 1. The van der Waals surface area contributed by atoms with Crippen LogP contribution >= 0.6 is 11.3 Å². The van der Waals surface area contributed by atoms with E-state index in [1.54, 1.807) is 18.4 Å². The third-order valence-corrected chi connectivity index (χ3v) is 2.90. The summed E-state index contributed by atoms with van der Waals surface area (Å²) in [6, 6.07) is 1.90. The summed E-state index contributed by atoms with van der Waals surface area (Å²) >= 11 is 1.57. The maximum atomic E-state index is 13.5. The van der Waals surface area contributed by atoms with E-state index in [0.717, 1.165) is 10.4 Å². The first kappa shape index (κ1) is 9.21. The molecule has 0 amide bonds. The second-order valence-corrected chi connectivity index (χ2v) is 4.23. The molecule has 0 spiro atoms. The van der Waals surface area contributed by atoms with Crippen molar-refractivity contribution in [1.82, 2.24) is 9.78 Å². The van der Waals surface area contributed by atoms with Crippen LogP contribution in [0.3, 0.4) is 0 Å². The van der Waals surface area contributed by atoms with Gasteiger partial charge in [0.25, 0.3) is 0 Å². The smallest absolute Gasteiger partial charge is 0.192 e. The van der Waals surface area contributed by atoms with Crippen LogP contribution in [0.15, 0.2) is 11.4 Å². The van der Waals surface area contributed by atoms with E-state index in [-0.39, 0.29) is 5.82 Å². The Morgan fingerprint density at radius 3 is 2.71 bits per heavy atom. The summed E-state index contributed by atoms with van der Waals surface area (Å²) in [5.41, 5.74) is 6.59. The predicted molar refractivity (Wildman–Crippen MR) is 55.6 cm³/mol. The highest BCUT2D eigenvalue weighted by Crippen LogP contribution is 2.28. The molecule has 2 rings (SSSR count). The molecular formula is C9H10FN3S. The number of nitrogens with two attached hydrogens (primary N) is 1. The summed E-state index contributed by atoms with van der Waals surface area (Å²) in [6.07, 6.45) is 0. The van der Waals surface area contributed by atoms with Crippen molar-refractivity contribution in [3.8, 4) is 11.3 Å². The number of hydrogen-bond acceptors (Lipinski definition) is 3. The van der Waals surface area contributed by atoms with Gasteiger partial charge in [0.15, 0.2) is 11.6 Å². The lowest BCUT2D eigenvalue weighted by molar-refractivity contribution is 0.634. The summed E-state index contributed by atoms with van der Waals surface area (Å²) < 4.78 is 14.9. The van der Waals surface area contributed by atoms with Gasteiger partial charge in [-0.05, 0) is 13.0 Å². The van der Waals surface area contributed by atoms with Gasteiger partial charge in [-0.1, -0.05) is 0 Å². The quantitative estimate of drug-likeness (QED) is 0.785. The Morgan fingerprint density at radius 1 is 1.57 bits per heavy atom. The second-order valence-electron chi connectivity index (χ2n) is 3.12. The summed E-state index contributed by atoms with van der Waals surface area (Å²) in [5, 5.41) is 5.89. The lowest BCUT2D eigenvalue weighted by Gasteiger charge is -1.88. The zero-order valence-corrected chi connectivity index (χ0v) is 8.73. The minimum Gasteiger partial charge on any atom is -0.381 e. The van der Waals surface area contributed by atoms with Gasteiger partial charge < -0.3 is 5.73 Å². The van der Waals surface area contributed by atoms with E-state index in [2.05, 4.69) is 5.10 Å². The van der Waals surface area contributed by atoms with Crippen molar-refractivity contribution in [2.75, 3.05) is 5.73 Å². The average molecular weight is 211 g/mol. The maximum Gasteiger partial charge on any atom is 0.192 e. The molecule has 0 bridgehead atoms. The summed E-state index contributed by atoms with van der Waals surface area (Å²) in [5.74, 6) is -0.367. The number of nitrogens with zero attached hydrogens (tertiary/aromatic N) is 2. The molecule has 0 saturated carbocycles. The molecule has 0 atom stereocenters. The fraction of sp³-hybridized carbons (Fsp3) is 0.222. The minimum absolute atomic E-state index is 0.0730. The average Bonchev–Trinajstić information content (AvgIpc) is 2.66. The van der Waals surface area contributed by atoms with Gasteiger partial charge in [0.1, 0.15) is 5.69 Å². The normalized spacial score (nSPS) is 10.8. The van der Waals surface area contributed by atoms with E-state index in [9.17, 15) is 4.39 Å². The molecule has 2 aromatic heterocycles. The van der Waals surface area contributed by atoms with Crippen LogP contribution in [0, 0.1) is 12.7 Å². The van der Waals surface area contributed by atoms with E-state index in [4.69, 9.17) is 5.73 Å². The molecule has 0 aliphatic rings. The van der Waals surface area contributed by atoms with E-state index in [1.807, 2.05) is 18.4 Å². The molecule has 14 heavy (non-hydrogen) atoms. The minimum atomic E-state index is -0.440. The molecule has 2 aromatic rings. The number of halogens is 1. The van der Waals surface area contributed by atoms with Gasteiger partial charge in [0, 0.05) is 22.9 Å². The van der Waals surface area contributed by atoms with Crippen LogP contribution in [0.5, 0.6) is 0 Å². The predicted octanol–water partition coefficient (Wildman–Crippen LogP) is 2.18. The second kappa shape index (κ2) is 3.09. The lowest BCUT2D eigenvalue weighted by atomic mass is 10.2. The number of nitrogen functional groups attached to an aromatic ring is 1. The highest BCUT2D eigenvalue weighted by Gasteiger charge is 2.15. The van der Waals surface area contributed by atoms with Crippen LogP contribution in [-0.4, -0.2) is 9.78 Å². The molecule has 2 N–H and O–H groups in total. The molecule has 0 aliphatic heterocycles. The van der Waals surface area contributed by atoms with Crippen LogP contribution in [-0.2, 0) is 7.05 Å². The van der Waals surface area contributed by atoms with Crippen LogP contribution in [0.2, 0.25) is 0 Å². The van der Waals surface area contributed by atoms with Gasteiger partial charge in [0.05, 0.1) is 0 Å². The Bertz CT molecular complexity index is 472. The molecule has 0 aromatic carbocycles. The third kappa shape index (κ3) is 1.29. The largest absolute Gasteiger partial charge is 0.381 e. The first-order valence-corrected chi connectivity index (χ1v) is 5.01. The van der Waals surface area contributed by atoms with Crippen molar-refractivity contribution >= 4 is 17.2 Å². The number of hydrogen-bond donors (Lipinski definition) is 1. The fourth-order valence-electron chi connectivity index (χ4n) is 1.26. The summed E-state index contributed by atoms with van der Waals surface area (Å²) in [6.45, 7) is 1.97. The topological polar surface area (TPSA) is 43.8 Å². The Morgan fingerprint density at radius 2 is 2.29 bits per heavy atom. The van der Waals surface area contributed by atoms with Crippen molar-refractivity contribution in [1.29, 1.82) is 0 Å². The molecule has 2 heterocycles. The summed E-state index contributed by atoms with van der Waals surface area (Å²) in [4.78, 5) is 1.13. The van der Waals surface area contributed by atoms with Crippen molar-refractivity contribution < 1.29 is 4.39 Å². The van der Waals surface area contributed by atoms with E-state index >= 15 is 0 Å². The lowest BCUT2D eigenvalue weighted by Crippen LogP contribution is -1.97. The Labute approximate surface area is 85.0 Å². The molecule has 74 valence electrons. The molecular weight excluding hydrogens is 201 g/mol. The van der Waals surface area contributed by atoms with Gasteiger partial charge in [-0.2, -0.15) is 5.10 Å². The number of aromatic nitrogens is 2. The molecule has 0 aliphatic carbocycles. The maximum absolute atomic E-state index is 13.5. The molecule has 0 saturated heterocycles. The molecule has 0 unspecified atom stereocenters.